The van der Waals surface area contributed by atoms with Crippen LogP contribution in [0.5, 0.6) is 5.75 Å². The van der Waals surface area contributed by atoms with Crippen LogP contribution in [0.15, 0.2) is 59.8 Å². The lowest BCUT2D eigenvalue weighted by atomic mass is 10.1. The summed E-state index contributed by atoms with van der Waals surface area (Å²) in [6, 6.07) is 9.55. The molecule has 0 unspecified atom stereocenters. The largest absolute Gasteiger partial charge is 0.460 e. The monoisotopic (exact) mass is 632 g/mol. The van der Waals surface area contributed by atoms with E-state index >= 15 is 0 Å². The number of aromatic nitrogens is 3. The van der Waals surface area contributed by atoms with Gasteiger partial charge in [-0.25, -0.2) is 22.4 Å². The van der Waals surface area contributed by atoms with Crippen LogP contribution in [0.25, 0.3) is 21.9 Å². The first-order valence-corrected chi connectivity index (χ1v) is 13.2. The van der Waals surface area contributed by atoms with E-state index in [4.69, 9.17) is 0 Å². The van der Waals surface area contributed by atoms with E-state index in [1.165, 1.54) is 18.2 Å². The Bertz CT molecular complexity index is 1940. The Morgan fingerprint density at radius 3 is 2.00 bits per heavy atom. The molecule has 0 bridgehead atoms. The van der Waals surface area contributed by atoms with Gasteiger partial charge in [-0.15, -0.1) is 0 Å². The zero-order chi connectivity index (χ0) is 30.8. The van der Waals surface area contributed by atoms with E-state index in [1.54, 1.807) is 0 Å². The molecule has 20 heteroatoms. The predicted octanol–water partition coefficient (Wildman–Crippen LogP) is 4.83. The summed E-state index contributed by atoms with van der Waals surface area (Å²) in [4.78, 5) is 6.81. The van der Waals surface area contributed by atoms with Crippen molar-refractivity contribution in [1.82, 2.24) is 13.9 Å². The lowest BCUT2D eigenvalue weighted by Gasteiger charge is -2.32. The summed E-state index contributed by atoms with van der Waals surface area (Å²) >= 11 is 0. The quantitative estimate of drug-likeness (QED) is 0.209. The molecular formula is C21H9F9N4O5S2. The SMILES string of the molecule is N#Cc1ncc2c(c1OS(=O)(=O)C(F)(F)C(F)(F)C(F)(F)C(F)(F)F)c1cccnc1n2S(=O)(=O)c1ccccc1. The normalized spacial score (nSPS) is 13.9. The van der Waals surface area contributed by atoms with E-state index in [0.29, 0.717) is 10.2 Å². The second-order valence-electron chi connectivity index (χ2n) is 7.97. The van der Waals surface area contributed by atoms with Gasteiger partial charge in [-0.3, -0.25) is 0 Å². The summed E-state index contributed by atoms with van der Waals surface area (Å²) < 4.78 is 177. The molecule has 0 radical (unpaired) electrons. The maximum atomic E-state index is 14.4. The van der Waals surface area contributed by atoms with Gasteiger partial charge in [0.05, 0.1) is 22.0 Å². The smallest absolute Gasteiger partial charge is 0.374 e. The topological polar surface area (TPSA) is 132 Å². The average Bonchev–Trinajstić information content (AvgIpc) is 3.23. The van der Waals surface area contributed by atoms with Gasteiger partial charge in [-0.05, 0) is 24.3 Å². The van der Waals surface area contributed by atoms with Crippen LogP contribution in [-0.4, -0.2) is 54.1 Å². The first-order valence-electron chi connectivity index (χ1n) is 10.4. The zero-order valence-corrected chi connectivity index (χ0v) is 20.9. The molecule has 4 rings (SSSR count). The van der Waals surface area contributed by atoms with Gasteiger partial charge in [0.15, 0.2) is 17.1 Å². The summed E-state index contributed by atoms with van der Waals surface area (Å²) in [5.41, 5.74) is -2.54. The Labute approximate surface area is 222 Å². The third-order valence-electron chi connectivity index (χ3n) is 5.49. The second kappa shape index (κ2) is 9.20. The number of rotatable bonds is 7. The number of pyridine rings is 2. The maximum Gasteiger partial charge on any atom is 0.460 e. The van der Waals surface area contributed by atoms with E-state index in [-0.39, 0.29) is 0 Å². The highest BCUT2D eigenvalue weighted by atomic mass is 32.2. The van der Waals surface area contributed by atoms with Crippen LogP contribution in [0.1, 0.15) is 5.69 Å². The molecule has 3 heterocycles. The molecule has 4 aromatic rings. The Morgan fingerprint density at radius 2 is 1.44 bits per heavy atom. The summed E-state index contributed by atoms with van der Waals surface area (Å²) in [5, 5.41) is 0.767. The van der Waals surface area contributed by atoms with Crippen molar-refractivity contribution in [2.75, 3.05) is 0 Å². The van der Waals surface area contributed by atoms with E-state index in [1.807, 2.05) is 0 Å². The molecule has 0 amide bonds. The van der Waals surface area contributed by atoms with Crippen molar-refractivity contribution in [2.45, 2.75) is 28.2 Å². The van der Waals surface area contributed by atoms with Crippen molar-refractivity contribution in [1.29, 1.82) is 5.26 Å². The van der Waals surface area contributed by atoms with E-state index in [0.717, 1.165) is 36.5 Å². The summed E-state index contributed by atoms with van der Waals surface area (Å²) in [6.45, 7) is 0. The molecule has 0 aliphatic carbocycles. The third-order valence-corrected chi connectivity index (χ3v) is 8.48. The Hall–Kier alpha value is -4.12. The third kappa shape index (κ3) is 4.21. The molecule has 0 aliphatic rings. The number of hydrogen-bond donors (Lipinski definition) is 0. The Balaban J connectivity index is 2.03. The van der Waals surface area contributed by atoms with Gasteiger partial charge in [-0.2, -0.15) is 53.2 Å². The van der Waals surface area contributed by atoms with Crippen LogP contribution >= 0.6 is 0 Å². The molecule has 0 saturated carbocycles. The van der Waals surface area contributed by atoms with Gasteiger partial charge in [0.25, 0.3) is 10.0 Å². The number of halogens is 9. The maximum absolute atomic E-state index is 14.4. The lowest BCUT2D eigenvalue weighted by Crippen LogP contribution is -2.63. The molecule has 0 saturated heterocycles. The summed E-state index contributed by atoms with van der Waals surface area (Å²) in [5.74, 6) is -16.9. The van der Waals surface area contributed by atoms with Gasteiger partial charge < -0.3 is 4.18 Å². The van der Waals surface area contributed by atoms with Gasteiger partial charge in [-0.1, -0.05) is 18.2 Å². The standard InChI is InChI=1S/C21H9F9N4O5S2/c22-18(23,20(26,27)28)19(24,25)21(29,30)41(37,38)39-16-13(9-31)33-10-14-15(16)12-7-4-8-32-17(12)34(14)40(35,36)11-5-2-1-3-6-11/h1-8,10H. The molecule has 0 aliphatic heterocycles. The van der Waals surface area contributed by atoms with Crippen molar-refractivity contribution in [3.63, 3.8) is 0 Å². The van der Waals surface area contributed by atoms with Crippen molar-refractivity contribution < 1.29 is 60.5 Å². The molecule has 9 nitrogen and oxygen atoms in total. The van der Waals surface area contributed by atoms with E-state index in [2.05, 4.69) is 14.2 Å². The molecule has 0 spiro atoms. The molecule has 1 aromatic carbocycles. The van der Waals surface area contributed by atoms with Gasteiger partial charge in [0, 0.05) is 11.6 Å². The molecule has 3 aromatic heterocycles. The first kappa shape index (κ1) is 29.9. The highest BCUT2D eigenvalue weighted by Gasteiger charge is 2.86. The number of benzene rings is 1. The molecule has 0 atom stereocenters. The number of nitriles is 1. The van der Waals surface area contributed by atoms with Crippen LogP contribution in [0.4, 0.5) is 39.5 Å². The molecule has 41 heavy (non-hydrogen) atoms. The van der Waals surface area contributed by atoms with Gasteiger partial charge in [0.1, 0.15) is 6.07 Å². The Morgan fingerprint density at radius 1 is 0.829 bits per heavy atom. The first-order chi connectivity index (χ1) is 18.7. The van der Waals surface area contributed by atoms with Crippen molar-refractivity contribution in [3.8, 4) is 11.8 Å². The van der Waals surface area contributed by atoms with Gasteiger partial charge >= 0.3 is 33.4 Å². The van der Waals surface area contributed by atoms with Crippen LogP contribution < -0.4 is 4.18 Å². The molecule has 218 valence electrons. The minimum Gasteiger partial charge on any atom is -0.374 e. The highest BCUT2D eigenvalue weighted by molar-refractivity contribution is 7.90. The van der Waals surface area contributed by atoms with Crippen LogP contribution in [0.2, 0.25) is 0 Å². The Kier molecular flexibility index (Phi) is 6.70. The van der Waals surface area contributed by atoms with Crippen LogP contribution in [-0.2, 0) is 20.1 Å². The number of fused-ring (bicyclic) bond motifs is 3. The highest BCUT2D eigenvalue weighted by Crippen LogP contribution is 2.55. The number of alkyl halides is 9. The fourth-order valence-electron chi connectivity index (χ4n) is 3.55. The van der Waals surface area contributed by atoms with Crippen molar-refractivity contribution in [2.24, 2.45) is 0 Å². The second-order valence-corrected chi connectivity index (χ2v) is 11.3. The van der Waals surface area contributed by atoms with Gasteiger partial charge in [0.2, 0.25) is 0 Å². The van der Waals surface area contributed by atoms with Crippen LogP contribution in [0.3, 0.4) is 0 Å². The molecule has 0 fully saturated rings. The van der Waals surface area contributed by atoms with E-state index < -0.39 is 81.7 Å². The van der Waals surface area contributed by atoms with Crippen molar-refractivity contribution in [3.05, 3.63) is 60.6 Å². The fraction of sp³-hybridized carbons (Fsp3) is 0.190. The summed E-state index contributed by atoms with van der Waals surface area (Å²) in [6.07, 6.45) is -5.68. The molecular weight excluding hydrogens is 623 g/mol. The van der Waals surface area contributed by atoms with Crippen molar-refractivity contribution >= 4 is 42.1 Å². The van der Waals surface area contributed by atoms with E-state index in [9.17, 15) is 61.6 Å². The summed E-state index contributed by atoms with van der Waals surface area (Å²) in [7, 11) is -12.2. The zero-order valence-electron chi connectivity index (χ0n) is 19.2. The minimum atomic E-state index is -7.63. The number of nitrogens with zero attached hydrogens (tertiary/aromatic N) is 4. The average molecular weight is 632 g/mol. The predicted molar refractivity (Wildman–Crippen MR) is 119 cm³/mol. The fourth-order valence-corrected chi connectivity index (χ4v) is 5.96. The number of hydrogen-bond acceptors (Lipinski definition) is 8. The molecule has 0 N–H and O–H groups in total. The minimum absolute atomic E-state index is 0.399. The lowest BCUT2D eigenvalue weighted by molar-refractivity contribution is -0.382. The van der Waals surface area contributed by atoms with Crippen LogP contribution in [0, 0.1) is 11.3 Å².